The molecule has 2 saturated heterocycles. The predicted octanol–water partition coefficient (Wildman–Crippen LogP) is 2.20. The van der Waals surface area contributed by atoms with Crippen LogP contribution in [0.4, 0.5) is 5.13 Å². The number of anilines is 1. The van der Waals surface area contributed by atoms with E-state index in [2.05, 4.69) is 15.6 Å². The van der Waals surface area contributed by atoms with Gasteiger partial charge in [0.2, 0.25) is 11.8 Å². The molecule has 1 aromatic rings. The van der Waals surface area contributed by atoms with Crippen molar-refractivity contribution < 1.29 is 9.59 Å². The molecule has 0 spiro atoms. The van der Waals surface area contributed by atoms with Gasteiger partial charge in [-0.3, -0.25) is 9.59 Å². The molecule has 2 aliphatic heterocycles. The second-order valence-corrected chi connectivity index (χ2v) is 8.02. The largest absolute Gasteiger partial charge is 0.330 e. The van der Waals surface area contributed by atoms with Gasteiger partial charge in [0.25, 0.3) is 0 Å². The van der Waals surface area contributed by atoms with E-state index >= 15 is 0 Å². The summed E-state index contributed by atoms with van der Waals surface area (Å²) >= 11 is 1.57. The van der Waals surface area contributed by atoms with Crippen LogP contribution in [0.2, 0.25) is 0 Å². The number of carbonyl (C=O) groups excluding carboxylic acids is 2. The fourth-order valence-corrected chi connectivity index (χ4v) is 4.57. The molecule has 2 aliphatic rings. The SMILES string of the molecule is CC(C)C(C(=O)Nc1ncc(C2CCNCC2)s1)N1CCCC1=O. The van der Waals surface area contributed by atoms with Gasteiger partial charge >= 0.3 is 0 Å². The van der Waals surface area contributed by atoms with Crippen LogP contribution < -0.4 is 10.6 Å². The number of rotatable bonds is 5. The molecule has 6 nitrogen and oxygen atoms in total. The first-order valence-electron chi connectivity index (χ1n) is 8.83. The first-order chi connectivity index (χ1) is 11.6. The van der Waals surface area contributed by atoms with Crippen LogP contribution in [0.3, 0.4) is 0 Å². The number of aromatic nitrogens is 1. The highest BCUT2D eigenvalue weighted by molar-refractivity contribution is 7.15. The number of hydrogen-bond acceptors (Lipinski definition) is 5. The molecule has 0 aromatic carbocycles. The van der Waals surface area contributed by atoms with E-state index in [9.17, 15) is 9.59 Å². The van der Waals surface area contributed by atoms with Crippen molar-refractivity contribution in [2.75, 3.05) is 25.0 Å². The molecule has 0 radical (unpaired) electrons. The summed E-state index contributed by atoms with van der Waals surface area (Å²) in [6.45, 7) is 6.72. The Balaban J connectivity index is 1.66. The Hall–Kier alpha value is -1.47. The Kier molecular flexibility index (Phi) is 5.50. The van der Waals surface area contributed by atoms with E-state index in [0.29, 0.717) is 24.0 Å². The summed E-state index contributed by atoms with van der Waals surface area (Å²) < 4.78 is 0. The number of amides is 2. The van der Waals surface area contributed by atoms with Gasteiger partial charge in [0.05, 0.1) is 0 Å². The van der Waals surface area contributed by atoms with Crippen molar-refractivity contribution in [2.45, 2.75) is 51.5 Å². The Morgan fingerprint density at radius 1 is 1.42 bits per heavy atom. The smallest absolute Gasteiger partial charge is 0.249 e. The number of nitrogens with one attached hydrogen (secondary N) is 2. The lowest BCUT2D eigenvalue weighted by atomic mass is 9.97. The molecule has 0 bridgehead atoms. The molecule has 132 valence electrons. The van der Waals surface area contributed by atoms with Gasteiger partial charge in [-0.1, -0.05) is 13.8 Å². The normalized spacial score (nSPS) is 20.6. The number of thiazole rings is 1. The Bertz CT molecular complexity index is 595. The zero-order valence-electron chi connectivity index (χ0n) is 14.4. The first-order valence-corrected chi connectivity index (χ1v) is 9.64. The number of hydrogen-bond donors (Lipinski definition) is 2. The van der Waals surface area contributed by atoms with Crippen molar-refractivity contribution >= 4 is 28.3 Å². The minimum absolute atomic E-state index is 0.0795. The average Bonchev–Trinajstić information content (AvgIpc) is 3.18. The average molecular weight is 350 g/mol. The Morgan fingerprint density at radius 2 is 2.17 bits per heavy atom. The van der Waals surface area contributed by atoms with Crippen molar-refractivity contribution in [1.82, 2.24) is 15.2 Å². The topological polar surface area (TPSA) is 74.3 Å². The lowest BCUT2D eigenvalue weighted by molar-refractivity contribution is -0.136. The van der Waals surface area contributed by atoms with Crippen LogP contribution in [-0.2, 0) is 9.59 Å². The minimum Gasteiger partial charge on any atom is -0.330 e. The van der Waals surface area contributed by atoms with Gasteiger partial charge < -0.3 is 15.5 Å². The van der Waals surface area contributed by atoms with Crippen molar-refractivity contribution in [1.29, 1.82) is 0 Å². The molecule has 0 saturated carbocycles. The number of piperidine rings is 1. The third-order valence-corrected chi connectivity index (χ3v) is 5.92. The van der Waals surface area contributed by atoms with E-state index in [4.69, 9.17) is 0 Å². The van der Waals surface area contributed by atoms with Crippen molar-refractivity contribution in [3.63, 3.8) is 0 Å². The van der Waals surface area contributed by atoms with Crippen LogP contribution in [0.25, 0.3) is 0 Å². The molecular weight excluding hydrogens is 324 g/mol. The number of carbonyl (C=O) groups is 2. The molecule has 7 heteroatoms. The second kappa shape index (κ2) is 7.61. The maximum Gasteiger partial charge on any atom is 0.249 e. The standard InChI is InChI=1S/C17H26N4O2S/c1-11(2)15(21-9-3-4-14(21)22)16(23)20-17-19-10-13(24-17)12-5-7-18-8-6-12/h10-12,15,18H,3-9H2,1-2H3,(H,19,20,23). The third kappa shape index (κ3) is 3.78. The minimum atomic E-state index is -0.411. The summed E-state index contributed by atoms with van der Waals surface area (Å²) in [4.78, 5) is 32.1. The van der Waals surface area contributed by atoms with E-state index < -0.39 is 6.04 Å². The van der Waals surface area contributed by atoms with Gasteiger partial charge in [0.15, 0.2) is 5.13 Å². The summed E-state index contributed by atoms with van der Waals surface area (Å²) in [7, 11) is 0. The molecule has 2 N–H and O–H groups in total. The summed E-state index contributed by atoms with van der Waals surface area (Å²) in [5, 5.41) is 6.95. The van der Waals surface area contributed by atoms with E-state index in [1.165, 1.54) is 4.88 Å². The molecule has 1 unspecified atom stereocenters. The second-order valence-electron chi connectivity index (χ2n) is 6.96. The van der Waals surface area contributed by atoms with Gasteiger partial charge in [-0.05, 0) is 44.2 Å². The third-order valence-electron chi connectivity index (χ3n) is 4.84. The lowest BCUT2D eigenvalue weighted by Crippen LogP contribution is -2.47. The maximum atomic E-state index is 12.7. The zero-order valence-corrected chi connectivity index (χ0v) is 15.2. The zero-order chi connectivity index (χ0) is 17.1. The molecule has 2 amide bonds. The van der Waals surface area contributed by atoms with E-state index in [1.807, 2.05) is 20.0 Å². The Labute approximate surface area is 147 Å². The summed E-state index contributed by atoms with van der Waals surface area (Å²) in [6, 6.07) is -0.411. The maximum absolute atomic E-state index is 12.7. The van der Waals surface area contributed by atoms with Crippen molar-refractivity contribution in [3.05, 3.63) is 11.1 Å². The highest BCUT2D eigenvalue weighted by Crippen LogP contribution is 2.32. The van der Waals surface area contributed by atoms with Gasteiger partial charge in [0.1, 0.15) is 6.04 Å². The molecule has 3 heterocycles. The van der Waals surface area contributed by atoms with E-state index in [-0.39, 0.29) is 17.7 Å². The van der Waals surface area contributed by atoms with E-state index in [1.54, 1.807) is 16.2 Å². The van der Waals surface area contributed by atoms with Crippen LogP contribution in [0, 0.1) is 5.92 Å². The quantitative estimate of drug-likeness (QED) is 0.854. The molecule has 3 rings (SSSR count). The molecule has 1 atom stereocenters. The molecular formula is C17H26N4O2S. The van der Waals surface area contributed by atoms with Gasteiger partial charge in [-0.15, -0.1) is 11.3 Å². The van der Waals surface area contributed by atoms with Crippen LogP contribution >= 0.6 is 11.3 Å². The van der Waals surface area contributed by atoms with Crippen LogP contribution in [0.1, 0.15) is 50.3 Å². The molecule has 2 fully saturated rings. The number of nitrogens with zero attached hydrogens (tertiary/aromatic N) is 2. The van der Waals surface area contributed by atoms with Gasteiger partial charge in [-0.2, -0.15) is 0 Å². The molecule has 1 aromatic heterocycles. The summed E-state index contributed by atoms with van der Waals surface area (Å²) in [5.74, 6) is 0.580. The highest BCUT2D eigenvalue weighted by atomic mass is 32.1. The van der Waals surface area contributed by atoms with Crippen molar-refractivity contribution in [2.24, 2.45) is 5.92 Å². The number of likely N-dealkylation sites (tertiary alicyclic amines) is 1. The van der Waals surface area contributed by atoms with Crippen LogP contribution in [0.5, 0.6) is 0 Å². The van der Waals surface area contributed by atoms with Gasteiger partial charge in [0, 0.05) is 24.0 Å². The van der Waals surface area contributed by atoms with E-state index in [0.717, 1.165) is 32.4 Å². The lowest BCUT2D eigenvalue weighted by Gasteiger charge is -2.29. The summed E-state index contributed by atoms with van der Waals surface area (Å²) in [6.07, 6.45) is 5.51. The Morgan fingerprint density at radius 3 is 2.79 bits per heavy atom. The first kappa shape index (κ1) is 17.4. The molecule has 24 heavy (non-hydrogen) atoms. The van der Waals surface area contributed by atoms with Crippen LogP contribution in [0.15, 0.2) is 6.20 Å². The van der Waals surface area contributed by atoms with Crippen LogP contribution in [-0.4, -0.2) is 47.4 Å². The molecule has 0 aliphatic carbocycles. The highest BCUT2D eigenvalue weighted by Gasteiger charge is 2.35. The monoisotopic (exact) mass is 350 g/mol. The fourth-order valence-electron chi connectivity index (χ4n) is 3.59. The van der Waals surface area contributed by atoms with Crippen molar-refractivity contribution in [3.8, 4) is 0 Å². The fraction of sp³-hybridized carbons (Fsp3) is 0.706. The summed E-state index contributed by atoms with van der Waals surface area (Å²) in [5.41, 5.74) is 0. The predicted molar refractivity (Wildman–Crippen MR) is 95.2 cm³/mol. The van der Waals surface area contributed by atoms with Gasteiger partial charge in [-0.25, -0.2) is 4.98 Å².